The minimum absolute atomic E-state index is 0.481. The van der Waals surface area contributed by atoms with Crippen molar-refractivity contribution < 1.29 is 14.6 Å². The molecule has 3 heteroatoms. The Bertz CT molecular complexity index is 440. The molecule has 1 N–H and O–H groups in total. The fraction of sp³-hybridized carbons (Fsp3) is 0.0714. The average Bonchev–Trinajstić information content (AvgIpc) is 2.41. The molecule has 17 heavy (non-hydrogen) atoms. The van der Waals surface area contributed by atoms with Crippen LogP contribution in [0.3, 0.4) is 0 Å². The van der Waals surface area contributed by atoms with E-state index in [1.165, 1.54) is 6.47 Å². The molecule has 0 atom stereocenters. The first-order valence-corrected chi connectivity index (χ1v) is 5.16. The average molecular weight is 227 g/mol. The Balaban J connectivity index is 2.50. The number of carbonyl (C=O) groups excluding carboxylic acids is 1. The van der Waals surface area contributed by atoms with Gasteiger partial charge in [-0.2, -0.15) is 0 Å². The van der Waals surface area contributed by atoms with Crippen molar-refractivity contribution in [2.45, 2.75) is 5.79 Å². The standard InChI is InChI=1S/C14H11O3/c15-11-17-14(16,12-7-3-1-4-8-12)13-9-5-2-6-10-13/h1-10,16H. The molecule has 3 nitrogen and oxygen atoms in total. The van der Waals surface area contributed by atoms with Gasteiger partial charge in [0.2, 0.25) is 0 Å². The van der Waals surface area contributed by atoms with Crippen LogP contribution < -0.4 is 0 Å². The first-order valence-electron chi connectivity index (χ1n) is 5.16. The molecule has 2 rings (SSSR count). The molecule has 0 fully saturated rings. The third-order valence-corrected chi connectivity index (χ3v) is 2.52. The lowest BCUT2D eigenvalue weighted by Gasteiger charge is -2.26. The summed E-state index contributed by atoms with van der Waals surface area (Å²) in [5.41, 5.74) is 0.962. The lowest BCUT2D eigenvalue weighted by Crippen LogP contribution is -2.30. The zero-order valence-electron chi connectivity index (χ0n) is 9.04. The highest BCUT2D eigenvalue weighted by Gasteiger charge is 2.33. The van der Waals surface area contributed by atoms with Gasteiger partial charge in [0.15, 0.2) is 0 Å². The van der Waals surface area contributed by atoms with Gasteiger partial charge in [-0.05, 0) is 0 Å². The van der Waals surface area contributed by atoms with E-state index in [4.69, 9.17) is 4.74 Å². The third-order valence-electron chi connectivity index (χ3n) is 2.52. The molecule has 0 saturated heterocycles. The van der Waals surface area contributed by atoms with E-state index in [0.717, 1.165) is 0 Å². The Labute approximate surface area is 99.3 Å². The highest BCUT2D eigenvalue weighted by molar-refractivity contribution is 5.44. The molecule has 2 aromatic carbocycles. The second-order valence-corrected chi connectivity index (χ2v) is 3.56. The SMILES string of the molecule is O=[C]OC(O)(c1ccccc1)c1ccccc1. The summed E-state index contributed by atoms with van der Waals surface area (Å²) in [6.07, 6.45) is 0. The van der Waals surface area contributed by atoms with Crippen molar-refractivity contribution in [2.24, 2.45) is 0 Å². The summed E-state index contributed by atoms with van der Waals surface area (Å²) in [6, 6.07) is 17.4. The van der Waals surface area contributed by atoms with E-state index in [2.05, 4.69) is 0 Å². The van der Waals surface area contributed by atoms with Gasteiger partial charge in [-0.1, -0.05) is 60.7 Å². The summed E-state index contributed by atoms with van der Waals surface area (Å²) >= 11 is 0. The van der Waals surface area contributed by atoms with E-state index in [-0.39, 0.29) is 0 Å². The predicted molar refractivity (Wildman–Crippen MR) is 62.7 cm³/mol. The zero-order valence-corrected chi connectivity index (χ0v) is 9.04. The lowest BCUT2D eigenvalue weighted by atomic mass is 9.97. The number of ether oxygens (including phenoxy) is 1. The largest absolute Gasteiger partial charge is 0.420 e. The van der Waals surface area contributed by atoms with Crippen LogP contribution >= 0.6 is 0 Å². The van der Waals surface area contributed by atoms with Crippen LogP contribution in [0.4, 0.5) is 0 Å². The van der Waals surface area contributed by atoms with Gasteiger partial charge in [0.1, 0.15) is 0 Å². The van der Waals surface area contributed by atoms with Crippen LogP contribution in [0.5, 0.6) is 0 Å². The predicted octanol–water partition coefficient (Wildman–Crippen LogP) is 1.96. The second-order valence-electron chi connectivity index (χ2n) is 3.56. The van der Waals surface area contributed by atoms with Gasteiger partial charge in [-0.3, -0.25) is 0 Å². The number of rotatable bonds is 4. The smallest absolute Gasteiger partial charge is 0.416 e. The molecule has 0 aliphatic carbocycles. The molecule has 0 bridgehead atoms. The first kappa shape index (κ1) is 11.4. The van der Waals surface area contributed by atoms with Gasteiger partial charge >= 0.3 is 6.47 Å². The Hall–Kier alpha value is -2.13. The summed E-state index contributed by atoms with van der Waals surface area (Å²) in [7, 11) is 0. The number of hydrogen-bond donors (Lipinski definition) is 1. The Morgan fingerprint density at radius 1 is 0.882 bits per heavy atom. The van der Waals surface area contributed by atoms with E-state index in [0.29, 0.717) is 11.1 Å². The first-order chi connectivity index (χ1) is 8.27. The summed E-state index contributed by atoms with van der Waals surface area (Å²) in [5.74, 6) is -1.79. The number of benzene rings is 2. The Kier molecular flexibility index (Phi) is 3.21. The lowest BCUT2D eigenvalue weighted by molar-refractivity contribution is -0.119. The van der Waals surface area contributed by atoms with Crippen molar-refractivity contribution in [3.8, 4) is 0 Å². The van der Waals surface area contributed by atoms with E-state index in [1.54, 1.807) is 48.5 Å². The number of hydrogen-bond acceptors (Lipinski definition) is 3. The second kappa shape index (κ2) is 4.80. The van der Waals surface area contributed by atoms with Crippen molar-refractivity contribution >= 4 is 6.47 Å². The monoisotopic (exact) mass is 227 g/mol. The normalized spacial score (nSPS) is 10.9. The summed E-state index contributed by atoms with van der Waals surface area (Å²) in [6.45, 7) is 1.31. The molecule has 0 unspecified atom stereocenters. The van der Waals surface area contributed by atoms with Crippen molar-refractivity contribution in [3.63, 3.8) is 0 Å². The van der Waals surface area contributed by atoms with Crippen LogP contribution in [0.2, 0.25) is 0 Å². The number of aliphatic hydroxyl groups is 1. The molecule has 0 amide bonds. The van der Waals surface area contributed by atoms with Crippen LogP contribution in [0, 0.1) is 0 Å². The van der Waals surface area contributed by atoms with Gasteiger partial charge in [0, 0.05) is 11.1 Å². The molecule has 0 saturated carbocycles. The molecule has 85 valence electrons. The van der Waals surface area contributed by atoms with Gasteiger partial charge in [-0.25, -0.2) is 4.79 Å². The molecule has 0 heterocycles. The van der Waals surface area contributed by atoms with Crippen LogP contribution in [0.25, 0.3) is 0 Å². The molecule has 2 aromatic rings. The fourth-order valence-electron chi connectivity index (χ4n) is 1.67. The van der Waals surface area contributed by atoms with Gasteiger partial charge in [-0.15, -0.1) is 0 Å². The van der Waals surface area contributed by atoms with Crippen molar-refractivity contribution in [1.29, 1.82) is 0 Å². The summed E-state index contributed by atoms with van der Waals surface area (Å²) in [4.78, 5) is 10.5. The molecule has 0 aliphatic heterocycles. The highest BCUT2D eigenvalue weighted by atomic mass is 16.6. The Morgan fingerprint density at radius 3 is 1.65 bits per heavy atom. The maximum atomic E-state index is 10.5. The van der Waals surface area contributed by atoms with Crippen molar-refractivity contribution in [1.82, 2.24) is 0 Å². The van der Waals surface area contributed by atoms with Gasteiger partial charge < -0.3 is 9.84 Å². The molecule has 0 spiro atoms. The zero-order chi connectivity index (χ0) is 12.1. The molecular weight excluding hydrogens is 216 g/mol. The van der Waals surface area contributed by atoms with Gasteiger partial charge in [0.05, 0.1) is 0 Å². The van der Waals surface area contributed by atoms with Crippen molar-refractivity contribution in [3.05, 3.63) is 71.8 Å². The minimum Gasteiger partial charge on any atom is -0.416 e. The van der Waals surface area contributed by atoms with Crippen LogP contribution in [0.15, 0.2) is 60.7 Å². The summed E-state index contributed by atoms with van der Waals surface area (Å²) in [5, 5.41) is 10.5. The van der Waals surface area contributed by atoms with E-state index < -0.39 is 5.79 Å². The minimum atomic E-state index is -1.79. The quantitative estimate of drug-likeness (QED) is 0.812. The van der Waals surface area contributed by atoms with Gasteiger partial charge in [0.25, 0.3) is 5.79 Å². The highest BCUT2D eigenvalue weighted by Crippen LogP contribution is 2.29. The fourth-order valence-corrected chi connectivity index (χ4v) is 1.67. The maximum absolute atomic E-state index is 10.5. The molecule has 1 radical (unpaired) electrons. The summed E-state index contributed by atoms with van der Waals surface area (Å²) < 4.78 is 4.75. The Morgan fingerprint density at radius 2 is 1.29 bits per heavy atom. The molecule has 0 aliphatic rings. The maximum Gasteiger partial charge on any atom is 0.420 e. The molecular formula is C14H11O3. The van der Waals surface area contributed by atoms with E-state index in [1.807, 2.05) is 12.1 Å². The third kappa shape index (κ3) is 2.19. The van der Waals surface area contributed by atoms with E-state index in [9.17, 15) is 9.90 Å². The van der Waals surface area contributed by atoms with Crippen LogP contribution in [-0.2, 0) is 15.3 Å². The van der Waals surface area contributed by atoms with Crippen molar-refractivity contribution in [2.75, 3.05) is 0 Å². The van der Waals surface area contributed by atoms with E-state index >= 15 is 0 Å². The molecule has 0 aromatic heterocycles. The van der Waals surface area contributed by atoms with Crippen LogP contribution in [0.1, 0.15) is 11.1 Å². The van der Waals surface area contributed by atoms with Crippen LogP contribution in [-0.4, -0.2) is 11.6 Å². The topological polar surface area (TPSA) is 46.5 Å².